The third-order valence-corrected chi connectivity index (χ3v) is 4.83. The normalized spacial score (nSPS) is 10.5. The fourth-order valence-electron chi connectivity index (χ4n) is 2.45. The van der Waals surface area contributed by atoms with Crippen LogP contribution in [0.15, 0.2) is 48.5 Å². The average molecular weight is 482 g/mol. The number of ether oxygens (including phenoxy) is 1. The van der Waals surface area contributed by atoms with Crippen molar-refractivity contribution in [3.63, 3.8) is 0 Å². The summed E-state index contributed by atoms with van der Waals surface area (Å²) < 4.78 is 5.73. The number of nitrogens with zero attached hydrogens (tertiary/aromatic N) is 1. The molecule has 2 rings (SSSR count). The lowest BCUT2D eigenvalue weighted by molar-refractivity contribution is -0.159. The molecule has 0 aliphatic rings. The first kappa shape index (κ1) is 27.2. The Morgan fingerprint density at radius 1 is 0.969 bits per heavy atom. The van der Waals surface area contributed by atoms with Crippen molar-refractivity contribution in [2.45, 2.75) is 13.8 Å². The predicted molar refractivity (Wildman–Crippen MR) is 125 cm³/mol. The van der Waals surface area contributed by atoms with Gasteiger partial charge in [-0.25, -0.2) is 9.59 Å². The number of carboxylic acids is 2. The molecule has 0 atom stereocenters. The predicted octanol–water partition coefficient (Wildman–Crippen LogP) is 4.77. The molecular formula is C23H25Cl2NO6. The number of aliphatic carboxylic acids is 2. The minimum Gasteiger partial charge on any atom is -0.492 e. The molecule has 0 fully saturated rings. The van der Waals surface area contributed by atoms with Gasteiger partial charge in [-0.2, -0.15) is 0 Å². The summed E-state index contributed by atoms with van der Waals surface area (Å²) in [6, 6.07) is 12.3. The van der Waals surface area contributed by atoms with E-state index >= 15 is 0 Å². The highest BCUT2D eigenvalue weighted by Gasteiger charge is 2.05. The second-order valence-corrected chi connectivity index (χ2v) is 7.22. The molecular weight excluding hydrogens is 457 g/mol. The molecule has 0 saturated heterocycles. The number of carboxylic acid groups (broad SMARTS) is 2. The molecule has 32 heavy (non-hydrogen) atoms. The molecule has 0 aliphatic carbocycles. The van der Waals surface area contributed by atoms with E-state index in [-0.39, 0.29) is 5.78 Å². The Bertz CT molecular complexity index is 928. The van der Waals surface area contributed by atoms with Crippen molar-refractivity contribution in [2.75, 3.05) is 26.2 Å². The Hall–Kier alpha value is -2.87. The van der Waals surface area contributed by atoms with Crippen LogP contribution in [0.25, 0.3) is 6.08 Å². The summed E-state index contributed by atoms with van der Waals surface area (Å²) in [5.74, 6) is -2.98. The van der Waals surface area contributed by atoms with Gasteiger partial charge in [-0.05, 0) is 67.2 Å². The van der Waals surface area contributed by atoms with Gasteiger partial charge in [0.05, 0.1) is 0 Å². The van der Waals surface area contributed by atoms with E-state index in [0.717, 1.165) is 30.9 Å². The molecule has 0 spiro atoms. The molecule has 0 bridgehead atoms. The minimum atomic E-state index is -1.82. The third-order valence-electron chi connectivity index (χ3n) is 4.27. The quantitative estimate of drug-likeness (QED) is 0.302. The topological polar surface area (TPSA) is 104 Å². The summed E-state index contributed by atoms with van der Waals surface area (Å²) >= 11 is 12.0. The van der Waals surface area contributed by atoms with E-state index in [1.54, 1.807) is 36.4 Å². The Morgan fingerprint density at radius 2 is 1.56 bits per heavy atom. The van der Waals surface area contributed by atoms with E-state index < -0.39 is 11.9 Å². The van der Waals surface area contributed by atoms with E-state index in [1.165, 1.54) is 6.08 Å². The number of carbonyl (C=O) groups excluding carboxylic acids is 1. The Kier molecular flexibility index (Phi) is 12.1. The van der Waals surface area contributed by atoms with Crippen molar-refractivity contribution in [3.05, 3.63) is 69.7 Å². The lowest BCUT2D eigenvalue weighted by Gasteiger charge is -2.17. The van der Waals surface area contributed by atoms with Crippen LogP contribution in [-0.2, 0) is 9.59 Å². The van der Waals surface area contributed by atoms with Crippen molar-refractivity contribution < 1.29 is 29.3 Å². The summed E-state index contributed by atoms with van der Waals surface area (Å²) in [5.41, 5.74) is 1.35. The lowest BCUT2D eigenvalue weighted by Crippen LogP contribution is -2.27. The number of likely N-dealkylation sites (N-methyl/N-ethyl adjacent to an activating group) is 1. The summed E-state index contributed by atoms with van der Waals surface area (Å²) in [5, 5.41) is 15.9. The number of benzene rings is 2. The first-order chi connectivity index (χ1) is 15.2. The largest absolute Gasteiger partial charge is 0.492 e. The van der Waals surface area contributed by atoms with Crippen LogP contribution in [0.4, 0.5) is 0 Å². The summed E-state index contributed by atoms with van der Waals surface area (Å²) in [6.07, 6.45) is 3.20. The molecule has 172 valence electrons. The van der Waals surface area contributed by atoms with Gasteiger partial charge < -0.3 is 19.8 Å². The summed E-state index contributed by atoms with van der Waals surface area (Å²) in [7, 11) is 0. The summed E-state index contributed by atoms with van der Waals surface area (Å²) in [6.45, 7) is 7.81. The highest BCUT2D eigenvalue weighted by Crippen LogP contribution is 2.22. The van der Waals surface area contributed by atoms with Crippen molar-refractivity contribution in [1.82, 2.24) is 4.90 Å². The summed E-state index contributed by atoms with van der Waals surface area (Å²) in [4.78, 5) is 32.8. The molecule has 2 aromatic rings. The van der Waals surface area contributed by atoms with Gasteiger partial charge in [-0.3, -0.25) is 4.79 Å². The highest BCUT2D eigenvalue weighted by atomic mass is 35.5. The number of ketones is 1. The lowest BCUT2D eigenvalue weighted by atomic mass is 10.1. The molecule has 9 heteroatoms. The van der Waals surface area contributed by atoms with Crippen molar-refractivity contribution in [1.29, 1.82) is 0 Å². The monoisotopic (exact) mass is 481 g/mol. The molecule has 0 aromatic heterocycles. The molecule has 0 heterocycles. The van der Waals surface area contributed by atoms with Crippen LogP contribution in [0, 0.1) is 0 Å². The zero-order valence-corrected chi connectivity index (χ0v) is 19.3. The van der Waals surface area contributed by atoms with Crippen LogP contribution in [0.3, 0.4) is 0 Å². The zero-order valence-electron chi connectivity index (χ0n) is 17.8. The van der Waals surface area contributed by atoms with Crippen molar-refractivity contribution >= 4 is 47.0 Å². The average Bonchev–Trinajstić information content (AvgIpc) is 2.76. The van der Waals surface area contributed by atoms with Gasteiger partial charge in [-0.1, -0.05) is 43.1 Å². The maximum Gasteiger partial charge on any atom is 0.414 e. The van der Waals surface area contributed by atoms with E-state index in [9.17, 15) is 4.79 Å². The van der Waals surface area contributed by atoms with Gasteiger partial charge in [0.25, 0.3) is 0 Å². The number of carbonyl (C=O) groups is 3. The second-order valence-electron chi connectivity index (χ2n) is 6.37. The van der Waals surface area contributed by atoms with Crippen LogP contribution in [-0.4, -0.2) is 59.1 Å². The molecule has 7 nitrogen and oxygen atoms in total. The number of rotatable bonds is 9. The Balaban J connectivity index is 0.000000751. The van der Waals surface area contributed by atoms with E-state index in [1.807, 2.05) is 12.1 Å². The van der Waals surface area contributed by atoms with Crippen LogP contribution < -0.4 is 4.74 Å². The van der Waals surface area contributed by atoms with Gasteiger partial charge in [0.15, 0.2) is 5.78 Å². The second kappa shape index (κ2) is 14.2. The smallest absolute Gasteiger partial charge is 0.414 e. The number of allylic oxidation sites excluding steroid dienone is 1. The van der Waals surface area contributed by atoms with Crippen LogP contribution in [0.5, 0.6) is 5.75 Å². The van der Waals surface area contributed by atoms with Crippen LogP contribution >= 0.6 is 23.2 Å². The van der Waals surface area contributed by atoms with Gasteiger partial charge in [0, 0.05) is 22.2 Å². The van der Waals surface area contributed by atoms with Crippen LogP contribution in [0.2, 0.25) is 10.0 Å². The fraction of sp³-hybridized carbons (Fsp3) is 0.261. The zero-order chi connectivity index (χ0) is 24.1. The van der Waals surface area contributed by atoms with Gasteiger partial charge in [-0.15, -0.1) is 0 Å². The standard InChI is InChI=1S/C21H23Cl2NO2.C2H2O4/c1-3-24(4-2)13-14-26-19-10-6-17(7-11-19)21(25)12-8-16-5-9-18(22)15-20(16)23;3-1(4)2(5)6/h5-12,15H,3-4,13-14H2,1-2H3;(H,3,4)(H,5,6)/b12-8+;. The number of halogens is 2. The van der Waals surface area contributed by atoms with Gasteiger partial charge in [0.2, 0.25) is 0 Å². The van der Waals surface area contributed by atoms with Crippen molar-refractivity contribution in [2.24, 2.45) is 0 Å². The Morgan fingerprint density at radius 3 is 2.06 bits per heavy atom. The molecule has 0 aliphatic heterocycles. The maximum atomic E-state index is 12.3. The molecule has 0 unspecified atom stereocenters. The molecule has 2 aromatic carbocycles. The molecule has 0 radical (unpaired) electrons. The first-order valence-electron chi connectivity index (χ1n) is 9.76. The first-order valence-corrected chi connectivity index (χ1v) is 10.5. The van der Waals surface area contributed by atoms with Gasteiger partial charge >= 0.3 is 11.9 Å². The molecule has 0 saturated carbocycles. The fourth-order valence-corrected chi connectivity index (χ4v) is 2.92. The number of hydrogen-bond acceptors (Lipinski definition) is 5. The third kappa shape index (κ3) is 9.96. The van der Waals surface area contributed by atoms with Gasteiger partial charge in [0.1, 0.15) is 12.4 Å². The highest BCUT2D eigenvalue weighted by molar-refractivity contribution is 6.35. The number of hydrogen-bond donors (Lipinski definition) is 2. The van der Waals surface area contributed by atoms with Crippen molar-refractivity contribution in [3.8, 4) is 5.75 Å². The molecule has 0 amide bonds. The Labute approximate surface area is 196 Å². The SMILES string of the molecule is CCN(CC)CCOc1ccc(C(=O)/C=C/c2ccc(Cl)cc2Cl)cc1.O=C(O)C(=O)O. The minimum absolute atomic E-state index is 0.0919. The molecule has 2 N–H and O–H groups in total. The van der Waals surface area contributed by atoms with E-state index in [2.05, 4.69) is 18.7 Å². The maximum absolute atomic E-state index is 12.3. The van der Waals surface area contributed by atoms with E-state index in [4.69, 9.17) is 47.7 Å². The van der Waals surface area contributed by atoms with E-state index in [0.29, 0.717) is 22.2 Å². The van der Waals surface area contributed by atoms with Crippen LogP contribution in [0.1, 0.15) is 29.8 Å².